The van der Waals surface area contributed by atoms with Gasteiger partial charge in [0.2, 0.25) is 5.91 Å². The van der Waals surface area contributed by atoms with E-state index in [4.69, 9.17) is 0 Å². The molecule has 0 aliphatic carbocycles. The van der Waals surface area contributed by atoms with Crippen molar-refractivity contribution >= 4 is 15.7 Å². The summed E-state index contributed by atoms with van der Waals surface area (Å²) in [5.74, 6) is -0.0624. The molecule has 0 spiro atoms. The smallest absolute Gasteiger partial charge is 0.243 e. The molecule has 5 nitrogen and oxygen atoms in total. The van der Waals surface area contributed by atoms with Crippen LogP contribution in [0, 0.1) is 0 Å². The second kappa shape index (κ2) is 5.48. The van der Waals surface area contributed by atoms with Crippen LogP contribution in [0.4, 0.5) is 0 Å². The van der Waals surface area contributed by atoms with E-state index in [2.05, 4.69) is 11.5 Å². The molecule has 2 atom stereocenters. The highest BCUT2D eigenvalue weighted by Gasteiger charge is 2.52. The van der Waals surface area contributed by atoms with Crippen molar-refractivity contribution in [2.75, 3.05) is 32.4 Å². The first kappa shape index (κ1) is 15.5. The van der Waals surface area contributed by atoms with Gasteiger partial charge in [-0.15, -0.1) is 6.58 Å². The number of hydrogen-bond acceptors (Lipinski definition) is 4. The van der Waals surface area contributed by atoms with Gasteiger partial charge in [0.1, 0.15) is 4.75 Å². The van der Waals surface area contributed by atoms with Crippen molar-refractivity contribution in [3.8, 4) is 0 Å². The molecule has 2 unspecified atom stereocenters. The van der Waals surface area contributed by atoms with Gasteiger partial charge in [-0.2, -0.15) is 0 Å². The maximum Gasteiger partial charge on any atom is 0.243 e. The van der Waals surface area contributed by atoms with Gasteiger partial charge in [0.15, 0.2) is 9.84 Å². The fourth-order valence-corrected chi connectivity index (χ4v) is 5.02. The topological polar surface area (TPSA) is 57.7 Å². The van der Waals surface area contributed by atoms with Gasteiger partial charge in [-0.3, -0.25) is 9.69 Å². The lowest BCUT2D eigenvalue weighted by atomic mass is 10.0. The van der Waals surface area contributed by atoms with E-state index < -0.39 is 14.6 Å². The molecule has 2 fully saturated rings. The van der Waals surface area contributed by atoms with Gasteiger partial charge in [0.25, 0.3) is 0 Å². The molecule has 2 rings (SSSR count). The third kappa shape index (κ3) is 2.51. The predicted molar refractivity (Wildman–Crippen MR) is 79.2 cm³/mol. The Hall–Kier alpha value is -0.880. The summed E-state index contributed by atoms with van der Waals surface area (Å²) in [5, 5.41) is 0. The number of amides is 1. The Bertz CT molecular complexity index is 503. The van der Waals surface area contributed by atoms with E-state index in [0.717, 1.165) is 13.0 Å². The Morgan fingerprint density at radius 2 is 2.25 bits per heavy atom. The van der Waals surface area contributed by atoms with Crippen molar-refractivity contribution in [3.63, 3.8) is 0 Å². The molecule has 0 N–H and O–H groups in total. The molecule has 0 radical (unpaired) electrons. The van der Waals surface area contributed by atoms with Gasteiger partial charge in [0.05, 0.1) is 5.75 Å². The summed E-state index contributed by atoms with van der Waals surface area (Å²) in [6, 6.07) is 0.296. The summed E-state index contributed by atoms with van der Waals surface area (Å²) >= 11 is 0. The van der Waals surface area contributed by atoms with Gasteiger partial charge in [0, 0.05) is 25.7 Å². The van der Waals surface area contributed by atoms with Gasteiger partial charge >= 0.3 is 0 Å². The van der Waals surface area contributed by atoms with Crippen molar-refractivity contribution < 1.29 is 13.2 Å². The summed E-state index contributed by atoms with van der Waals surface area (Å²) in [7, 11) is -1.28. The van der Waals surface area contributed by atoms with Crippen LogP contribution in [-0.4, -0.2) is 67.3 Å². The van der Waals surface area contributed by atoms with Gasteiger partial charge in [-0.05, 0) is 33.2 Å². The molecule has 1 amide bonds. The zero-order chi connectivity index (χ0) is 15.0. The Morgan fingerprint density at radius 3 is 2.80 bits per heavy atom. The van der Waals surface area contributed by atoms with Crippen molar-refractivity contribution in [2.24, 2.45) is 0 Å². The summed E-state index contributed by atoms with van der Waals surface area (Å²) in [4.78, 5) is 16.5. The second-order valence-corrected chi connectivity index (χ2v) is 8.61. The quantitative estimate of drug-likeness (QED) is 0.716. The number of likely N-dealkylation sites (N-methyl/N-ethyl adjacent to an activating group) is 1. The fourth-order valence-electron chi connectivity index (χ4n) is 3.19. The molecule has 20 heavy (non-hydrogen) atoms. The highest BCUT2D eigenvalue weighted by molar-refractivity contribution is 7.93. The third-order valence-corrected chi connectivity index (χ3v) is 7.27. The van der Waals surface area contributed by atoms with E-state index >= 15 is 0 Å². The maximum atomic E-state index is 12.6. The summed E-state index contributed by atoms with van der Waals surface area (Å²) in [6.45, 7) is 7.36. The second-order valence-electron chi connectivity index (χ2n) is 6.08. The first-order chi connectivity index (χ1) is 9.32. The van der Waals surface area contributed by atoms with E-state index in [-0.39, 0.29) is 11.7 Å². The van der Waals surface area contributed by atoms with Crippen LogP contribution >= 0.6 is 0 Å². The number of hydrogen-bond donors (Lipinski definition) is 0. The van der Waals surface area contributed by atoms with Crippen LogP contribution in [0.1, 0.15) is 26.2 Å². The number of carbonyl (C=O) groups is 1. The zero-order valence-corrected chi connectivity index (χ0v) is 13.2. The van der Waals surface area contributed by atoms with E-state index in [9.17, 15) is 13.2 Å². The fraction of sp³-hybridized carbons (Fsp3) is 0.786. The minimum Gasteiger partial charge on any atom is -0.340 e. The molecule has 0 saturated carbocycles. The minimum absolute atomic E-state index is 0.142. The van der Waals surface area contributed by atoms with Crippen molar-refractivity contribution in [3.05, 3.63) is 12.7 Å². The number of likely N-dealkylation sites (tertiary alicyclic amines) is 1. The highest BCUT2D eigenvalue weighted by atomic mass is 32.2. The molecule has 6 heteroatoms. The van der Waals surface area contributed by atoms with Crippen molar-refractivity contribution in [2.45, 2.75) is 37.0 Å². The minimum atomic E-state index is -3.29. The number of sulfone groups is 1. The number of carbonyl (C=O) groups excluding carboxylic acids is 1. The number of rotatable bonds is 4. The van der Waals surface area contributed by atoms with Crippen LogP contribution in [0.2, 0.25) is 0 Å². The third-order valence-electron chi connectivity index (χ3n) is 4.70. The average Bonchev–Trinajstić information content (AvgIpc) is 2.95. The Morgan fingerprint density at radius 1 is 1.55 bits per heavy atom. The standard InChI is InChI=1S/C14H24N2O3S/c1-4-8-15(3)12-6-9-16(11-12)13(17)14(2)7-5-10-20(14,18)19/h4,12H,1,5-11H2,2-3H3. The molecular weight excluding hydrogens is 276 g/mol. The maximum absolute atomic E-state index is 12.6. The normalized spacial score (nSPS) is 32.8. The molecule has 114 valence electrons. The monoisotopic (exact) mass is 300 g/mol. The molecule has 2 saturated heterocycles. The van der Waals surface area contributed by atoms with E-state index in [1.807, 2.05) is 13.1 Å². The zero-order valence-electron chi connectivity index (χ0n) is 12.3. The molecule has 0 aromatic heterocycles. The van der Waals surface area contributed by atoms with Crippen molar-refractivity contribution in [1.29, 1.82) is 0 Å². The molecular formula is C14H24N2O3S. The summed E-state index contributed by atoms with van der Waals surface area (Å²) < 4.78 is 23.1. The first-order valence-corrected chi connectivity index (χ1v) is 8.80. The lowest BCUT2D eigenvalue weighted by Gasteiger charge is -2.29. The van der Waals surface area contributed by atoms with E-state index in [1.165, 1.54) is 0 Å². The van der Waals surface area contributed by atoms with Gasteiger partial charge in [-0.25, -0.2) is 8.42 Å². The molecule has 0 bridgehead atoms. The van der Waals surface area contributed by atoms with Crippen LogP contribution in [0.5, 0.6) is 0 Å². The van der Waals surface area contributed by atoms with Crippen LogP contribution in [-0.2, 0) is 14.6 Å². The van der Waals surface area contributed by atoms with Crippen LogP contribution in [0.15, 0.2) is 12.7 Å². The summed E-state index contributed by atoms with van der Waals surface area (Å²) in [6.07, 6.45) is 3.79. The summed E-state index contributed by atoms with van der Waals surface area (Å²) in [5.41, 5.74) is 0. The molecule has 2 aliphatic heterocycles. The van der Waals surface area contributed by atoms with Crippen LogP contribution in [0.3, 0.4) is 0 Å². The first-order valence-electron chi connectivity index (χ1n) is 7.14. The molecule has 0 aromatic rings. The average molecular weight is 300 g/mol. The Kier molecular flexibility index (Phi) is 4.25. The van der Waals surface area contributed by atoms with Crippen LogP contribution < -0.4 is 0 Å². The lowest BCUT2D eigenvalue weighted by Crippen LogP contribution is -2.49. The van der Waals surface area contributed by atoms with E-state index in [1.54, 1.807) is 11.8 Å². The van der Waals surface area contributed by atoms with Gasteiger partial charge < -0.3 is 4.90 Å². The van der Waals surface area contributed by atoms with Crippen LogP contribution in [0.25, 0.3) is 0 Å². The Labute approximate surface area is 121 Å². The predicted octanol–water partition coefficient (Wildman–Crippen LogP) is 0.672. The lowest BCUT2D eigenvalue weighted by molar-refractivity contribution is -0.132. The molecule has 2 heterocycles. The van der Waals surface area contributed by atoms with Gasteiger partial charge in [-0.1, -0.05) is 6.08 Å². The largest absolute Gasteiger partial charge is 0.340 e. The molecule has 2 aliphatic rings. The van der Waals surface area contributed by atoms with Crippen molar-refractivity contribution in [1.82, 2.24) is 9.80 Å². The van der Waals surface area contributed by atoms with E-state index in [0.29, 0.717) is 32.0 Å². The Balaban J connectivity index is 2.07. The number of nitrogens with zero attached hydrogens (tertiary/aromatic N) is 2. The SMILES string of the molecule is C=CCN(C)C1CCN(C(=O)C2(C)CCCS2(=O)=O)C1. The highest BCUT2D eigenvalue weighted by Crippen LogP contribution is 2.34. The molecule has 0 aromatic carbocycles.